The highest BCUT2D eigenvalue weighted by Gasteiger charge is 2.22. The Morgan fingerprint density at radius 3 is 1.79 bits per heavy atom. The number of phenolic OH excluding ortho intramolecular Hbond substituents is 1. The molecule has 292 valence electrons. The summed E-state index contributed by atoms with van der Waals surface area (Å²) in [6.45, 7) is 1.71. The number of aryl methyl sites for hydroxylation is 1. The molecule has 0 amide bonds. The molecule has 0 atom stereocenters. The summed E-state index contributed by atoms with van der Waals surface area (Å²) >= 11 is 0. The zero-order chi connectivity index (χ0) is 41.1. The molecule has 0 aliphatic heterocycles. The molecule has 0 aliphatic rings. The summed E-state index contributed by atoms with van der Waals surface area (Å²) < 4.78 is 105. The molecule has 18 nitrogen and oxygen atoms in total. The van der Waals surface area contributed by atoms with Crippen molar-refractivity contribution in [3.8, 4) is 11.5 Å². The monoisotopic (exact) mass is 831 g/mol. The van der Waals surface area contributed by atoms with Crippen molar-refractivity contribution in [1.82, 2.24) is 0 Å². The van der Waals surface area contributed by atoms with Crippen LogP contribution in [0.25, 0.3) is 10.8 Å². The van der Waals surface area contributed by atoms with E-state index in [-0.39, 0.29) is 31.9 Å². The fourth-order valence-electron chi connectivity index (χ4n) is 5.28. The summed E-state index contributed by atoms with van der Waals surface area (Å²) in [5.41, 5.74) is 2.22. The number of aromatic hydroxyl groups is 1. The number of nitrogens with one attached hydrogen (secondary N) is 1. The molecule has 0 saturated heterocycles. The second kappa shape index (κ2) is 15.9. The number of azo groups is 3. The van der Waals surface area contributed by atoms with Gasteiger partial charge in [0.05, 0.1) is 39.7 Å². The van der Waals surface area contributed by atoms with Gasteiger partial charge in [-0.05, 0) is 103 Å². The van der Waals surface area contributed by atoms with Gasteiger partial charge in [0.15, 0.2) is 5.75 Å². The fourth-order valence-corrected chi connectivity index (χ4v) is 6.98. The number of fused-ring (bicyclic) bond motifs is 1. The summed E-state index contributed by atoms with van der Waals surface area (Å²) in [6, 6.07) is 25.5. The van der Waals surface area contributed by atoms with Crippen LogP contribution >= 0.6 is 0 Å². The Bertz CT molecular complexity index is 2990. The van der Waals surface area contributed by atoms with Crippen LogP contribution in [0, 0.1) is 6.92 Å². The van der Waals surface area contributed by atoms with Gasteiger partial charge < -0.3 is 15.2 Å². The summed E-state index contributed by atoms with van der Waals surface area (Å²) in [5.74, 6) is -0.321. The van der Waals surface area contributed by atoms with Crippen molar-refractivity contribution >= 4 is 86.6 Å². The molecular weight excluding hydrogens is 803 g/mol. The van der Waals surface area contributed by atoms with Crippen molar-refractivity contribution in [2.45, 2.75) is 21.6 Å². The van der Waals surface area contributed by atoms with E-state index in [1.807, 2.05) is 0 Å². The van der Waals surface area contributed by atoms with Crippen molar-refractivity contribution in [2.24, 2.45) is 30.7 Å². The van der Waals surface area contributed by atoms with Crippen LogP contribution in [0.3, 0.4) is 0 Å². The van der Waals surface area contributed by atoms with Crippen LogP contribution in [0.15, 0.2) is 155 Å². The second-order valence-electron chi connectivity index (χ2n) is 12.0. The normalized spacial score (nSPS) is 12.6. The van der Waals surface area contributed by atoms with Crippen LogP contribution in [-0.4, -0.2) is 51.1 Å². The van der Waals surface area contributed by atoms with Crippen LogP contribution in [0.1, 0.15) is 5.56 Å². The standard InChI is InChI=1S/C36H29N7O11S3/c1-21-15-26(11-13-31(21)41-42-32-14-12-27(20-33(32)54-2)39-38-25-6-4-8-29(18-25)56(48,49)50)40-43-35-34(57(51,52)53)16-22-9-10-24(19-30(22)36(35)44)37-23-5-3-7-28(17-23)55(45,46)47/h3-20,37,44H,1-2H3,(H,45,46,47)(H,48,49,50)(H,51,52,53). The van der Waals surface area contributed by atoms with Crippen LogP contribution in [0.2, 0.25) is 0 Å². The summed E-state index contributed by atoms with van der Waals surface area (Å²) in [7, 11) is -12.4. The highest BCUT2D eigenvalue weighted by molar-refractivity contribution is 7.86. The van der Waals surface area contributed by atoms with Gasteiger partial charge in [0.2, 0.25) is 0 Å². The molecule has 21 heteroatoms. The van der Waals surface area contributed by atoms with E-state index in [1.165, 1.54) is 73.8 Å². The Morgan fingerprint density at radius 2 is 1.14 bits per heavy atom. The van der Waals surface area contributed by atoms with Gasteiger partial charge in [0, 0.05) is 22.8 Å². The molecule has 0 aromatic heterocycles. The van der Waals surface area contributed by atoms with Crippen LogP contribution < -0.4 is 10.1 Å². The molecule has 0 spiro atoms. The van der Waals surface area contributed by atoms with Gasteiger partial charge in [-0.15, -0.1) is 10.2 Å². The van der Waals surface area contributed by atoms with Crippen molar-refractivity contribution in [2.75, 3.05) is 12.4 Å². The van der Waals surface area contributed by atoms with Gasteiger partial charge in [0.25, 0.3) is 30.4 Å². The van der Waals surface area contributed by atoms with E-state index >= 15 is 0 Å². The molecule has 6 aromatic carbocycles. The van der Waals surface area contributed by atoms with Crippen molar-refractivity contribution in [1.29, 1.82) is 0 Å². The third-order valence-electron chi connectivity index (χ3n) is 8.02. The zero-order valence-electron chi connectivity index (χ0n) is 29.4. The molecule has 0 radical (unpaired) electrons. The van der Waals surface area contributed by atoms with Gasteiger partial charge in [-0.3, -0.25) is 13.7 Å². The minimum absolute atomic E-state index is 0.121. The fraction of sp³-hybridized carbons (Fsp3) is 0.0556. The second-order valence-corrected chi connectivity index (χ2v) is 16.2. The van der Waals surface area contributed by atoms with Crippen molar-refractivity contribution in [3.63, 3.8) is 0 Å². The third kappa shape index (κ3) is 9.67. The Hall–Kier alpha value is -6.49. The molecule has 6 rings (SSSR count). The number of hydrogen-bond acceptors (Lipinski definition) is 15. The number of methoxy groups -OCH3 is 1. The lowest BCUT2D eigenvalue weighted by atomic mass is 10.1. The first kappa shape index (κ1) is 40.2. The molecule has 5 N–H and O–H groups in total. The van der Waals surface area contributed by atoms with Gasteiger partial charge in [-0.2, -0.15) is 45.7 Å². The lowest BCUT2D eigenvalue weighted by molar-refractivity contribution is 0.416. The van der Waals surface area contributed by atoms with Gasteiger partial charge >= 0.3 is 0 Å². The minimum Gasteiger partial charge on any atom is -0.505 e. The summed E-state index contributed by atoms with van der Waals surface area (Å²) in [4.78, 5) is -1.37. The first-order valence-corrected chi connectivity index (χ1v) is 20.4. The number of hydrogen-bond donors (Lipinski definition) is 5. The van der Waals surface area contributed by atoms with E-state index in [2.05, 4.69) is 36.0 Å². The Labute approximate surface area is 325 Å². The molecule has 0 unspecified atom stereocenters. The lowest BCUT2D eigenvalue weighted by Crippen LogP contribution is -2.00. The largest absolute Gasteiger partial charge is 0.505 e. The highest BCUT2D eigenvalue weighted by Crippen LogP contribution is 2.43. The van der Waals surface area contributed by atoms with Gasteiger partial charge in [0.1, 0.15) is 22.0 Å². The molecule has 6 aromatic rings. The number of benzene rings is 6. The quantitative estimate of drug-likeness (QED) is 0.0569. The van der Waals surface area contributed by atoms with E-state index in [0.29, 0.717) is 39.7 Å². The van der Waals surface area contributed by atoms with E-state index in [9.17, 15) is 44.0 Å². The third-order valence-corrected chi connectivity index (χ3v) is 10.6. The van der Waals surface area contributed by atoms with Gasteiger partial charge in [-0.25, -0.2) is 0 Å². The molecule has 57 heavy (non-hydrogen) atoms. The topological polar surface area (TPSA) is 279 Å². The molecule has 0 aliphatic carbocycles. The Morgan fingerprint density at radius 1 is 0.561 bits per heavy atom. The number of ether oxygens (including phenoxy) is 1. The molecule has 0 fully saturated rings. The van der Waals surface area contributed by atoms with E-state index in [4.69, 9.17) is 4.74 Å². The van der Waals surface area contributed by atoms with E-state index < -0.39 is 46.7 Å². The lowest BCUT2D eigenvalue weighted by Gasteiger charge is -2.12. The maximum atomic E-state index is 12.4. The molecule has 0 saturated carbocycles. The number of anilines is 2. The van der Waals surface area contributed by atoms with Crippen molar-refractivity contribution < 1.29 is 48.8 Å². The SMILES string of the molecule is COc1cc(N=Nc2cccc(S(=O)(=O)O)c2)ccc1N=Nc1ccc(N=Nc2c(S(=O)(=O)O)cc3ccc(Nc4cccc(S(=O)(=O)O)c4)cc3c2O)cc1C. The van der Waals surface area contributed by atoms with E-state index in [1.54, 1.807) is 37.3 Å². The number of rotatable bonds is 12. The van der Waals surface area contributed by atoms with E-state index in [0.717, 1.165) is 12.1 Å². The number of phenols is 1. The average molecular weight is 832 g/mol. The van der Waals surface area contributed by atoms with Crippen molar-refractivity contribution in [3.05, 3.63) is 115 Å². The maximum Gasteiger partial charge on any atom is 0.296 e. The zero-order valence-corrected chi connectivity index (χ0v) is 31.9. The average Bonchev–Trinajstić information content (AvgIpc) is 3.16. The summed E-state index contributed by atoms with van der Waals surface area (Å²) in [6.07, 6.45) is 0. The van der Waals surface area contributed by atoms with Crippen LogP contribution in [0.4, 0.5) is 45.5 Å². The smallest absolute Gasteiger partial charge is 0.296 e. The van der Waals surface area contributed by atoms with Crippen LogP contribution in [-0.2, 0) is 30.4 Å². The van der Waals surface area contributed by atoms with Crippen LogP contribution in [0.5, 0.6) is 11.5 Å². The Balaban J connectivity index is 1.24. The summed E-state index contributed by atoms with van der Waals surface area (Å²) in [5, 5.41) is 39.2. The molecule has 0 heterocycles. The minimum atomic E-state index is -4.90. The Kier molecular flexibility index (Phi) is 11.2. The predicted molar refractivity (Wildman–Crippen MR) is 208 cm³/mol. The molecular formula is C36H29N7O11S3. The number of nitrogens with zero attached hydrogens (tertiary/aromatic N) is 6. The molecule has 0 bridgehead atoms. The predicted octanol–water partition coefficient (Wildman–Crippen LogP) is 9.59. The van der Waals surface area contributed by atoms with Gasteiger partial charge in [-0.1, -0.05) is 18.2 Å². The first-order valence-electron chi connectivity index (χ1n) is 16.1. The maximum absolute atomic E-state index is 12.4. The highest BCUT2D eigenvalue weighted by atomic mass is 32.2. The first-order chi connectivity index (χ1) is 26.9.